The number of nitrogens with zero attached hydrogens (tertiary/aromatic N) is 3. The molecule has 0 spiro atoms. The number of aromatic nitrogens is 1. The third-order valence-electron chi connectivity index (χ3n) is 6.07. The fourth-order valence-electron chi connectivity index (χ4n) is 4.25. The number of hydrogen-bond donors (Lipinski definition) is 3. The first-order chi connectivity index (χ1) is 14.4. The molecule has 0 radical (unpaired) electrons. The average molecular weight is 438 g/mol. The van der Waals surface area contributed by atoms with Crippen LogP contribution in [0.1, 0.15) is 55.5 Å². The van der Waals surface area contributed by atoms with Crippen LogP contribution in [-0.2, 0) is 9.59 Å². The fourth-order valence-corrected chi connectivity index (χ4v) is 5.07. The van der Waals surface area contributed by atoms with E-state index in [1.165, 1.54) is 29.1 Å². The van der Waals surface area contributed by atoms with Crippen LogP contribution in [0.2, 0.25) is 0 Å². The molecular weight excluding hydrogens is 406 g/mol. The first kappa shape index (κ1) is 22.5. The van der Waals surface area contributed by atoms with Crippen LogP contribution in [0.25, 0.3) is 0 Å². The maximum absolute atomic E-state index is 13.2. The molecule has 166 valence electrons. The van der Waals surface area contributed by atoms with Crippen LogP contribution in [0, 0.1) is 19.8 Å². The normalized spacial score (nSPS) is 19.2. The minimum absolute atomic E-state index is 0.224. The zero-order valence-electron chi connectivity index (χ0n) is 17.6. The van der Waals surface area contributed by atoms with Gasteiger partial charge in [0.25, 0.3) is 5.91 Å². The summed E-state index contributed by atoms with van der Waals surface area (Å²) in [5, 5.41) is 12.3. The Bertz CT molecular complexity index is 758. The topological polar surface area (TPSA) is 115 Å². The van der Waals surface area contributed by atoms with Gasteiger partial charge in [-0.3, -0.25) is 14.8 Å². The Kier molecular flexibility index (Phi) is 7.65. The van der Waals surface area contributed by atoms with Crippen molar-refractivity contribution < 1.29 is 19.6 Å². The van der Waals surface area contributed by atoms with Crippen LogP contribution < -0.4 is 10.8 Å². The molecule has 1 aliphatic heterocycles. The quantitative estimate of drug-likeness (QED) is 0.448. The van der Waals surface area contributed by atoms with Gasteiger partial charge in [-0.05, 0) is 39.0 Å². The second-order valence-electron chi connectivity index (χ2n) is 8.18. The van der Waals surface area contributed by atoms with Gasteiger partial charge in [0.15, 0.2) is 5.13 Å². The summed E-state index contributed by atoms with van der Waals surface area (Å²) >= 11 is 1.41. The van der Waals surface area contributed by atoms with Gasteiger partial charge in [-0.2, -0.15) is 0 Å². The van der Waals surface area contributed by atoms with Gasteiger partial charge >= 0.3 is 6.03 Å². The number of thiazole rings is 1. The standard InChI is InChI=1S/C20H31N5O4S/c1-13-14(2)30-19(21-13)22-18(27)16-8-5-10-25(16)20(28)24(12-17(26)23-29)11-9-15-6-3-4-7-15/h15-16,29H,3-12H2,1-2H3,(H,23,26)(H,21,22,27). The van der Waals surface area contributed by atoms with Crippen LogP contribution in [0.15, 0.2) is 0 Å². The Balaban J connectivity index is 1.66. The molecule has 1 unspecified atom stereocenters. The van der Waals surface area contributed by atoms with Crippen molar-refractivity contribution in [3.05, 3.63) is 10.6 Å². The number of likely N-dealkylation sites (tertiary alicyclic amines) is 1. The minimum atomic E-state index is -0.635. The number of nitrogens with one attached hydrogen (secondary N) is 2. The summed E-state index contributed by atoms with van der Waals surface area (Å²) in [5.41, 5.74) is 2.48. The van der Waals surface area contributed by atoms with E-state index < -0.39 is 11.9 Å². The number of urea groups is 1. The van der Waals surface area contributed by atoms with Crippen molar-refractivity contribution >= 4 is 34.3 Å². The number of hydroxylamine groups is 1. The van der Waals surface area contributed by atoms with Crippen molar-refractivity contribution in [3.8, 4) is 0 Å². The monoisotopic (exact) mass is 437 g/mol. The zero-order valence-corrected chi connectivity index (χ0v) is 18.5. The molecule has 3 N–H and O–H groups in total. The second kappa shape index (κ2) is 10.2. The van der Waals surface area contributed by atoms with Gasteiger partial charge in [0.2, 0.25) is 5.91 Å². The molecule has 10 heteroatoms. The molecule has 1 saturated heterocycles. The molecule has 1 aromatic heterocycles. The minimum Gasteiger partial charge on any atom is -0.315 e. The summed E-state index contributed by atoms with van der Waals surface area (Å²) in [6.45, 7) is 4.52. The highest BCUT2D eigenvalue weighted by Crippen LogP contribution is 2.28. The molecule has 1 atom stereocenters. The molecule has 9 nitrogen and oxygen atoms in total. The third-order valence-corrected chi connectivity index (χ3v) is 7.06. The molecule has 2 aliphatic rings. The number of rotatable bonds is 7. The van der Waals surface area contributed by atoms with Gasteiger partial charge in [-0.1, -0.05) is 25.7 Å². The summed E-state index contributed by atoms with van der Waals surface area (Å²) < 4.78 is 0. The van der Waals surface area contributed by atoms with Crippen molar-refractivity contribution in [3.63, 3.8) is 0 Å². The number of aryl methyl sites for hydroxylation is 2. The Morgan fingerprint density at radius 1 is 1.20 bits per heavy atom. The molecule has 4 amide bonds. The molecule has 1 saturated carbocycles. The smallest absolute Gasteiger partial charge is 0.315 e. The lowest BCUT2D eigenvalue weighted by atomic mass is 10.0. The van der Waals surface area contributed by atoms with Crippen molar-refractivity contribution in [1.29, 1.82) is 0 Å². The van der Waals surface area contributed by atoms with Crippen LogP contribution >= 0.6 is 11.3 Å². The van der Waals surface area contributed by atoms with Crippen molar-refractivity contribution in [2.45, 2.75) is 64.8 Å². The van der Waals surface area contributed by atoms with Crippen molar-refractivity contribution in [2.24, 2.45) is 5.92 Å². The molecule has 2 fully saturated rings. The van der Waals surface area contributed by atoms with Crippen molar-refractivity contribution in [2.75, 3.05) is 25.0 Å². The van der Waals surface area contributed by atoms with E-state index in [2.05, 4.69) is 10.3 Å². The van der Waals surface area contributed by atoms with E-state index >= 15 is 0 Å². The van der Waals surface area contributed by atoms with E-state index in [9.17, 15) is 14.4 Å². The van der Waals surface area contributed by atoms with E-state index in [-0.39, 0.29) is 18.5 Å². The molecule has 3 rings (SSSR count). The number of carbonyl (C=O) groups is 3. The van der Waals surface area contributed by atoms with Gasteiger partial charge < -0.3 is 15.1 Å². The highest BCUT2D eigenvalue weighted by atomic mass is 32.1. The van der Waals surface area contributed by atoms with Gasteiger partial charge in [-0.15, -0.1) is 11.3 Å². The van der Waals surface area contributed by atoms with Gasteiger partial charge in [-0.25, -0.2) is 15.3 Å². The van der Waals surface area contributed by atoms with E-state index in [4.69, 9.17) is 5.21 Å². The van der Waals surface area contributed by atoms with E-state index in [0.717, 1.165) is 36.3 Å². The molecule has 1 aliphatic carbocycles. The summed E-state index contributed by atoms with van der Waals surface area (Å²) in [5.74, 6) is -0.327. The van der Waals surface area contributed by atoms with E-state index in [0.29, 0.717) is 30.6 Å². The first-order valence-corrected chi connectivity index (χ1v) is 11.4. The SMILES string of the molecule is Cc1nc(NC(=O)C2CCCN2C(=O)N(CCC2CCCC2)CC(=O)NO)sc1C. The first-order valence-electron chi connectivity index (χ1n) is 10.6. The highest BCUT2D eigenvalue weighted by Gasteiger charge is 2.37. The molecule has 30 heavy (non-hydrogen) atoms. The van der Waals surface area contributed by atoms with Crippen molar-refractivity contribution in [1.82, 2.24) is 20.3 Å². The number of anilines is 1. The summed E-state index contributed by atoms with van der Waals surface area (Å²) in [4.78, 5) is 46.2. The second-order valence-corrected chi connectivity index (χ2v) is 9.38. The zero-order chi connectivity index (χ0) is 21.7. The number of amides is 4. The van der Waals surface area contributed by atoms with E-state index in [1.54, 1.807) is 10.4 Å². The van der Waals surface area contributed by atoms with Gasteiger partial charge in [0.1, 0.15) is 12.6 Å². The third kappa shape index (κ3) is 5.48. The van der Waals surface area contributed by atoms with E-state index in [1.807, 2.05) is 13.8 Å². The van der Waals surface area contributed by atoms with Crippen LogP contribution in [-0.4, -0.2) is 63.5 Å². The summed E-state index contributed by atoms with van der Waals surface area (Å²) in [7, 11) is 0. The fraction of sp³-hybridized carbons (Fsp3) is 0.700. The Hall–Kier alpha value is -2.20. The lowest BCUT2D eigenvalue weighted by molar-refractivity contribution is -0.129. The largest absolute Gasteiger partial charge is 0.321 e. The summed E-state index contributed by atoms with van der Waals surface area (Å²) in [6.07, 6.45) is 6.84. The van der Waals surface area contributed by atoms with Crippen LogP contribution in [0.4, 0.5) is 9.93 Å². The van der Waals surface area contributed by atoms with Gasteiger partial charge in [0.05, 0.1) is 5.69 Å². The lowest BCUT2D eigenvalue weighted by Gasteiger charge is -2.31. The molecular formula is C20H31N5O4S. The number of carbonyl (C=O) groups excluding carboxylic acids is 3. The number of hydrogen-bond acceptors (Lipinski definition) is 6. The summed E-state index contributed by atoms with van der Waals surface area (Å²) in [6, 6.07) is -0.922. The molecule has 0 bridgehead atoms. The lowest BCUT2D eigenvalue weighted by Crippen LogP contribution is -2.51. The Labute approximate surface area is 180 Å². The van der Waals surface area contributed by atoms with Crippen LogP contribution in [0.5, 0.6) is 0 Å². The average Bonchev–Trinajstić information content (AvgIpc) is 3.46. The molecule has 2 heterocycles. The predicted molar refractivity (Wildman–Crippen MR) is 113 cm³/mol. The molecule has 1 aromatic rings. The highest BCUT2D eigenvalue weighted by molar-refractivity contribution is 7.15. The predicted octanol–water partition coefficient (Wildman–Crippen LogP) is 2.67. The maximum Gasteiger partial charge on any atom is 0.321 e. The Morgan fingerprint density at radius 2 is 1.93 bits per heavy atom. The maximum atomic E-state index is 13.2. The van der Waals surface area contributed by atoms with Gasteiger partial charge in [0, 0.05) is 18.0 Å². The van der Waals surface area contributed by atoms with Crippen LogP contribution in [0.3, 0.4) is 0 Å². The Morgan fingerprint density at radius 3 is 2.57 bits per heavy atom. The molecule has 0 aromatic carbocycles.